The van der Waals surface area contributed by atoms with Crippen molar-refractivity contribution in [2.45, 2.75) is 12.3 Å². The van der Waals surface area contributed by atoms with Crippen LogP contribution >= 0.6 is 11.6 Å². The summed E-state index contributed by atoms with van der Waals surface area (Å²) in [5, 5.41) is 10.3. The van der Waals surface area contributed by atoms with Crippen LogP contribution in [-0.2, 0) is 4.79 Å². The molecule has 1 aromatic rings. The van der Waals surface area contributed by atoms with Crippen LogP contribution in [-0.4, -0.2) is 18.2 Å². The molecule has 1 unspecified atom stereocenters. The summed E-state index contributed by atoms with van der Waals surface area (Å²) in [6, 6.07) is 1.64. The molecule has 1 atom stereocenters. The van der Waals surface area contributed by atoms with Crippen LogP contribution in [0.4, 0.5) is 17.6 Å². The third-order valence-electron chi connectivity index (χ3n) is 2.42. The van der Waals surface area contributed by atoms with E-state index in [0.29, 0.717) is 12.1 Å². The van der Waals surface area contributed by atoms with E-state index in [1.165, 1.54) is 0 Å². The fraction of sp³-hybridized carbons (Fsp3) is 0.182. The summed E-state index contributed by atoms with van der Waals surface area (Å²) < 4.78 is 55.6. The van der Waals surface area contributed by atoms with E-state index in [9.17, 15) is 27.5 Å². The molecule has 102 valence electrons. The highest BCUT2D eigenvalue weighted by molar-refractivity contribution is 6.31. The van der Waals surface area contributed by atoms with E-state index in [1.807, 2.05) is 0 Å². The number of carboxylic acids is 1. The van der Waals surface area contributed by atoms with Gasteiger partial charge in [-0.1, -0.05) is 11.6 Å². The van der Waals surface area contributed by atoms with Crippen molar-refractivity contribution in [1.29, 1.82) is 0 Å². The van der Waals surface area contributed by atoms with E-state index in [0.717, 1.165) is 6.07 Å². The molecule has 2 rings (SSSR count). The second-order valence-electron chi connectivity index (χ2n) is 3.73. The topological polar surface area (TPSA) is 49.4 Å². The number of hydrogen-bond acceptors (Lipinski definition) is 3. The Labute approximate surface area is 109 Å². The normalized spacial score (nSPS) is 18.4. The molecular weight excluding hydrogens is 292 g/mol. The van der Waals surface area contributed by atoms with Crippen molar-refractivity contribution in [2.75, 3.05) is 0 Å². The minimum atomic E-state index is -4.96. The molecule has 1 heterocycles. The SMILES string of the molecule is O=C([O-])C1=Cc2cc(Cl)c(F)cc2OC1C(F)(F)F. The number of carbonyl (C=O) groups excluding carboxylic acids is 1. The van der Waals surface area contributed by atoms with Gasteiger partial charge in [0.15, 0.2) is 0 Å². The van der Waals surface area contributed by atoms with Crippen LogP contribution < -0.4 is 9.84 Å². The van der Waals surface area contributed by atoms with Gasteiger partial charge in [0.2, 0.25) is 6.10 Å². The molecule has 19 heavy (non-hydrogen) atoms. The van der Waals surface area contributed by atoms with Gasteiger partial charge in [0.25, 0.3) is 0 Å². The molecule has 3 nitrogen and oxygen atoms in total. The summed E-state index contributed by atoms with van der Waals surface area (Å²) in [7, 11) is 0. The van der Waals surface area contributed by atoms with Crippen LogP contribution in [0.15, 0.2) is 17.7 Å². The minimum absolute atomic E-state index is 0.0638. The second kappa shape index (κ2) is 4.41. The third kappa shape index (κ3) is 2.51. The molecule has 0 saturated heterocycles. The number of benzene rings is 1. The molecule has 0 saturated carbocycles. The van der Waals surface area contributed by atoms with E-state index in [4.69, 9.17) is 11.6 Å². The number of carbonyl (C=O) groups is 1. The lowest BCUT2D eigenvalue weighted by atomic mass is 10.0. The van der Waals surface area contributed by atoms with Crippen LogP contribution in [0.1, 0.15) is 5.56 Å². The Morgan fingerprint density at radius 1 is 1.37 bits per heavy atom. The highest BCUT2D eigenvalue weighted by Gasteiger charge is 2.46. The first kappa shape index (κ1) is 13.7. The molecule has 0 bridgehead atoms. The quantitative estimate of drug-likeness (QED) is 0.744. The number of aliphatic carboxylic acids is 1. The summed E-state index contributed by atoms with van der Waals surface area (Å²) in [5.41, 5.74) is -1.16. The van der Waals surface area contributed by atoms with Crippen molar-refractivity contribution in [3.63, 3.8) is 0 Å². The Morgan fingerprint density at radius 2 is 2.00 bits per heavy atom. The lowest BCUT2D eigenvalue weighted by Crippen LogP contribution is -2.44. The lowest BCUT2D eigenvalue weighted by Gasteiger charge is -2.29. The fourth-order valence-electron chi connectivity index (χ4n) is 1.60. The van der Waals surface area contributed by atoms with E-state index in [1.54, 1.807) is 0 Å². The van der Waals surface area contributed by atoms with Gasteiger partial charge in [-0.15, -0.1) is 0 Å². The molecular formula is C11H4ClF4O3-. The fourth-order valence-corrected chi connectivity index (χ4v) is 1.77. The summed E-state index contributed by atoms with van der Waals surface area (Å²) in [4.78, 5) is 10.7. The molecule has 0 N–H and O–H groups in total. The third-order valence-corrected chi connectivity index (χ3v) is 2.71. The Hall–Kier alpha value is -1.76. The predicted molar refractivity (Wildman–Crippen MR) is 54.9 cm³/mol. The maximum Gasteiger partial charge on any atom is 0.429 e. The number of rotatable bonds is 1. The highest BCUT2D eigenvalue weighted by atomic mass is 35.5. The Kier molecular flexibility index (Phi) is 3.17. The zero-order chi connectivity index (χ0) is 14.4. The first-order valence-electron chi connectivity index (χ1n) is 4.85. The zero-order valence-corrected chi connectivity index (χ0v) is 9.68. The van der Waals surface area contributed by atoms with E-state index in [-0.39, 0.29) is 10.6 Å². The molecule has 0 amide bonds. The smallest absolute Gasteiger partial charge is 0.429 e. The number of carboxylic acid groups (broad SMARTS) is 1. The van der Waals surface area contributed by atoms with Crippen LogP contribution in [0.25, 0.3) is 6.08 Å². The molecule has 1 aliphatic heterocycles. The van der Waals surface area contributed by atoms with Crippen molar-refractivity contribution in [3.05, 3.63) is 34.1 Å². The summed E-state index contributed by atoms with van der Waals surface area (Å²) in [6.07, 6.45) is -6.96. The van der Waals surface area contributed by atoms with Crippen LogP contribution in [0.5, 0.6) is 5.75 Å². The van der Waals surface area contributed by atoms with E-state index < -0.39 is 35.4 Å². The maximum atomic E-state index is 13.1. The van der Waals surface area contributed by atoms with Gasteiger partial charge in [-0.25, -0.2) is 4.39 Å². The largest absolute Gasteiger partial charge is 0.545 e. The van der Waals surface area contributed by atoms with Crippen LogP contribution in [0, 0.1) is 5.82 Å². The van der Waals surface area contributed by atoms with Gasteiger partial charge >= 0.3 is 6.18 Å². The van der Waals surface area contributed by atoms with Crippen molar-refractivity contribution in [1.82, 2.24) is 0 Å². The number of ether oxygens (including phenoxy) is 1. The van der Waals surface area contributed by atoms with Crippen molar-refractivity contribution < 1.29 is 32.2 Å². The molecule has 1 aliphatic rings. The van der Waals surface area contributed by atoms with Gasteiger partial charge in [-0.3, -0.25) is 0 Å². The Bertz CT molecular complexity index is 580. The lowest BCUT2D eigenvalue weighted by molar-refractivity contribution is -0.302. The van der Waals surface area contributed by atoms with Gasteiger partial charge in [0, 0.05) is 17.2 Å². The van der Waals surface area contributed by atoms with E-state index in [2.05, 4.69) is 4.74 Å². The average molecular weight is 296 g/mol. The monoisotopic (exact) mass is 295 g/mol. The van der Waals surface area contributed by atoms with Crippen molar-refractivity contribution >= 4 is 23.6 Å². The average Bonchev–Trinajstić information content (AvgIpc) is 2.27. The van der Waals surface area contributed by atoms with Gasteiger partial charge < -0.3 is 14.6 Å². The first-order valence-corrected chi connectivity index (χ1v) is 5.23. The van der Waals surface area contributed by atoms with Gasteiger partial charge in [0.05, 0.1) is 11.0 Å². The molecule has 8 heteroatoms. The maximum absolute atomic E-state index is 13.1. The molecule has 0 fully saturated rings. The van der Waals surface area contributed by atoms with Gasteiger partial charge in [-0.2, -0.15) is 13.2 Å². The number of fused-ring (bicyclic) bond motifs is 1. The van der Waals surface area contributed by atoms with E-state index >= 15 is 0 Å². The minimum Gasteiger partial charge on any atom is -0.545 e. The van der Waals surface area contributed by atoms with Crippen molar-refractivity contribution in [3.8, 4) is 5.75 Å². The zero-order valence-electron chi connectivity index (χ0n) is 8.92. The molecule has 0 aromatic heterocycles. The Balaban J connectivity index is 2.57. The number of alkyl halides is 3. The summed E-state index contributed by atoms with van der Waals surface area (Å²) in [6.45, 7) is 0. The van der Waals surface area contributed by atoms with Gasteiger partial charge in [0.1, 0.15) is 11.6 Å². The highest BCUT2D eigenvalue weighted by Crippen LogP contribution is 2.38. The first-order chi connectivity index (χ1) is 8.70. The predicted octanol–water partition coefficient (Wildman–Crippen LogP) is 1.94. The Morgan fingerprint density at radius 3 is 2.53 bits per heavy atom. The van der Waals surface area contributed by atoms with Gasteiger partial charge in [-0.05, 0) is 12.1 Å². The molecule has 0 radical (unpaired) electrons. The van der Waals surface area contributed by atoms with Crippen LogP contribution in [0.2, 0.25) is 5.02 Å². The number of hydrogen-bond donors (Lipinski definition) is 0. The number of halogens is 5. The van der Waals surface area contributed by atoms with Crippen molar-refractivity contribution in [2.24, 2.45) is 0 Å². The summed E-state index contributed by atoms with van der Waals surface area (Å²) in [5.74, 6) is -3.42. The molecule has 1 aromatic carbocycles. The summed E-state index contributed by atoms with van der Waals surface area (Å²) >= 11 is 5.45. The standard InChI is InChI=1S/C11H5ClF4O3/c12-6-2-4-1-5(10(17)18)9(11(14,15)16)19-8(4)3-7(6)13/h1-3,9H,(H,17,18)/p-1. The molecule has 0 spiro atoms. The second-order valence-corrected chi connectivity index (χ2v) is 4.14. The van der Waals surface area contributed by atoms with Crippen LogP contribution in [0.3, 0.4) is 0 Å². The molecule has 0 aliphatic carbocycles.